The van der Waals surface area contributed by atoms with Gasteiger partial charge >= 0.3 is 5.63 Å². The number of nitrogens with zero attached hydrogens (tertiary/aromatic N) is 4. The van der Waals surface area contributed by atoms with E-state index in [0.717, 1.165) is 34.2 Å². The van der Waals surface area contributed by atoms with Crippen LogP contribution in [0.3, 0.4) is 0 Å². The fraction of sp³-hybridized carbons (Fsp3) is 0.368. The lowest BCUT2D eigenvalue weighted by Crippen LogP contribution is -2.50. The van der Waals surface area contributed by atoms with Gasteiger partial charge in [0.15, 0.2) is 6.61 Å². The summed E-state index contributed by atoms with van der Waals surface area (Å²) in [7, 11) is 0. The summed E-state index contributed by atoms with van der Waals surface area (Å²) in [5, 5.41) is 10.9. The van der Waals surface area contributed by atoms with Gasteiger partial charge in [0.25, 0.3) is 5.91 Å². The molecule has 1 aliphatic heterocycles. The van der Waals surface area contributed by atoms with E-state index in [0.29, 0.717) is 24.4 Å². The zero-order chi connectivity index (χ0) is 19.7. The van der Waals surface area contributed by atoms with Crippen LogP contribution in [-0.2, 0) is 4.79 Å². The van der Waals surface area contributed by atoms with Crippen molar-refractivity contribution in [3.05, 3.63) is 45.3 Å². The first-order valence-corrected chi connectivity index (χ1v) is 9.81. The number of hydrogen-bond donors (Lipinski definition) is 0. The van der Waals surface area contributed by atoms with Gasteiger partial charge in [-0.2, -0.15) is 0 Å². The SMILES string of the molecule is Cc1nnc(N2CCN(C(=O)COc3ccc4c(C)cc(=O)oc4c3)CC2)s1. The molecule has 146 valence electrons. The quantitative estimate of drug-likeness (QED) is 0.619. The van der Waals surface area contributed by atoms with Gasteiger partial charge in [-0.05, 0) is 31.5 Å². The molecule has 1 amide bonds. The molecule has 0 spiro atoms. The summed E-state index contributed by atoms with van der Waals surface area (Å²) in [4.78, 5) is 27.9. The molecule has 0 unspecified atom stereocenters. The molecule has 2 aromatic heterocycles. The Bertz CT molecular complexity index is 1070. The smallest absolute Gasteiger partial charge is 0.336 e. The number of ether oxygens (including phenoxy) is 1. The minimum Gasteiger partial charge on any atom is -0.484 e. The van der Waals surface area contributed by atoms with Crippen molar-refractivity contribution >= 4 is 33.3 Å². The first-order valence-electron chi connectivity index (χ1n) is 9.00. The fourth-order valence-corrected chi connectivity index (χ4v) is 3.93. The second kappa shape index (κ2) is 7.59. The number of anilines is 1. The van der Waals surface area contributed by atoms with Crippen LogP contribution in [0.25, 0.3) is 11.0 Å². The van der Waals surface area contributed by atoms with E-state index < -0.39 is 5.63 Å². The molecule has 0 N–H and O–H groups in total. The minimum atomic E-state index is -0.401. The van der Waals surface area contributed by atoms with Crippen molar-refractivity contribution in [2.75, 3.05) is 37.7 Å². The van der Waals surface area contributed by atoms with Crippen LogP contribution in [0.15, 0.2) is 33.5 Å². The van der Waals surface area contributed by atoms with Crippen LogP contribution < -0.4 is 15.3 Å². The predicted molar refractivity (Wildman–Crippen MR) is 106 cm³/mol. The van der Waals surface area contributed by atoms with E-state index in [9.17, 15) is 9.59 Å². The summed E-state index contributed by atoms with van der Waals surface area (Å²) >= 11 is 1.56. The van der Waals surface area contributed by atoms with Crippen molar-refractivity contribution in [2.45, 2.75) is 13.8 Å². The van der Waals surface area contributed by atoms with E-state index in [1.807, 2.05) is 19.9 Å². The average molecular weight is 400 g/mol. The maximum atomic E-state index is 12.5. The molecule has 0 radical (unpaired) electrons. The summed E-state index contributed by atoms with van der Waals surface area (Å²) < 4.78 is 10.9. The molecular weight excluding hydrogens is 380 g/mol. The fourth-order valence-electron chi connectivity index (χ4n) is 3.19. The summed E-state index contributed by atoms with van der Waals surface area (Å²) in [6.07, 6.45) is 0. The van der Waals surface area contributed by atoms with Crippen molar-refractivity contribution in [3.63, 3.8) is 0 Å². The standard InChI is InChI=1S/C19H20N4O4S/c1-12-9-18(25)27-16-10-14(3-4-15(12)16)26-11-17(24)22-5-7-23(8-6-22)19-21-20-13(2)28-19/h3-4,9-10H,5-8,11H2,1-2H3. The third-order valence-corrected chi connectivity index (χ3v) is 5.60. The van der Waals surface area contributed by atoms with Crippen LogP contribution in [-0.4, -0.2) is 53.8 Å². The zero-order valence-electron chi connectivity index (χ0n) is 15.7. The lowest BCUT2D eigenvalue weighted by molar-refractivity contribution is -0.133. The number of hydrogen-bond acceptors (Lipinski definition) is 8. The van der Waals surface area contributed by atoms with Gasteiger partial charge in [-0.1, -0.05) is 11.3 Å². The van der Waals surface area contributed by atoms with Crippen LogP contribution in [0.1, 0.15) is 10.6 Å². The van der Waals surface area contributed by atoms with E-state index in [1.54, 1.807) is 28.4 Å². The molecule has 0 saturated carbocycles. The van der Waals surface area contributed by atoms with Crippen LogP contribution >= 0.6 is 11.3 Å². The van der Waals surface area contributed by atoms with Gasteiger partial charge in [0.05, 0.1) is 0 Å². The monoisotopic (exact) mass is 400 g/mol. The third kappa shape index (κ3) is 3.84. The van der Waals surface area contributed by atoms with Crippen LogP contribution in [0.2, 0.25) is 0 Å². The molecular formula is C19H20N4O4S. The molecule has 8 nitrogen and oxygen atoms in total. The molecule has 0 atom stereocenters. The second-order valence-corrected chi connectivity index (χ2v) is 7.83. The molecule has 1 aliphatic rings. The summed E-state index contributed by atoms with van der Waals surface area (Å²) in [6, 6.07) is 6.70. The Morgan fingerprint density at radius 2 is 1.96 bits per heavy atom. The van der Waals surface area contributed by atoms with E-state index >= 15 is 0 Å². The number of amides is 1. The van der Waals surface area contributed by atoms with Crippen LogP contribution in [0.4, 0.5) is 5.13 Å². The Hall–Kier alpha value is -2.94. The van der Waals surface area contributed by atoms with E-state index in [2.05, 4.69) is 15.1 Å². The van der Waals surface area contributed by atoms with Crippen molar-refractivity contribution in [3.8, 4) is 5.75 Å². The minimum absolute atomic E-state index is 0.0561. The topological polar surface area (TPSA) is 88.8 Å². The zero-order valence-corrected chi connectivity index (χ0v) is 16.5. The molecule has 4 rings (SSSR count). The maximum Gasteiger partial charge on any atom is 0.336 e. The Morgan fingerprint density at radius 1 is 1.18 bits per heavy atom. The Labute approximate surface area is 165 Å². The number of fused-ring (bicyclic) bond motifs is 1. The van der Waals surface area contributed by atoms with E-state index in [4.69, 9.17) is 9.15 Å². The number of carbonyl (C=O) groups excluding carboxylic acids is 1. The highest BCUT2D eigenvalue weighted by atomic mass is 32.1. The third-order valence-electron chi connectivity index (χ3n) is 4.70. The highest BCUT2D eigenvalue weighted by Crippen LogP contribution is 2.23. The highest BCUT2D eigenvalue weighted by Gasteiger charge is 2.23. The largest absolute Gasteiger partial charge is 0.484 e. The molecule has 1 aromatic carbocycles. The van der Waals surface area contributed by atoms with Crippen molar-refractivity contribution in [1.29, 1.82) is 0 Å². The Kier molecular flexibility index (Phi) is 4.99. The first-order chi connectivity index (χ1) is 13.5. The van der Waals surface area contributed by atoms with Crippen molar-refractivity contribution < 1.29 is 13.9 Å². The molecule has 1 saturated heterocycles. The molecule has 0 aliphatic carbocycles. The average Bonchev–Trinajstić information content (AvgIpc) is 3.12. The Morgan fingerprint density at radius 3 is 2.68 bits per heavy atom. The molecule has 9 heteroatoms. The van der Waals surface area contributed by atoms with Crippen molar-refractivity contribution in [2.24, 2.45) is 0 Å². The predicted octanol–water partition coefficient (Wildman–Crippen LogP) is 1.99. The lowest BCUT2D eigenvalue weighted by Gasteiger charge is -2.34. The number of aromatic nitrogens is 2. The molecule has 3 aromatic rings. The first kappa shape index (κ1) is 18.4. The van der Waals surface area contributed by atoms with Gasteiger partial charge in [0, 0.05) is 43.7 Å². The summed E-state index contributed by atoms with van der Waals surface area (Å²) in [6.45, 7) is 6.41. The van der Waals surface area contributed by atoms with Gasteiger partial charge in [-0.25, -0.2) is 4.79 Å². The Balaban J connectivity index is 1.34. The second-order valence-electron chi connectivity index (χ2n) is 6.67. The maximum absolute atomic E-state index is 12.5. The molecule has 3 heterocycles. The molecule has 28 heavy (non-hydrogen) atoms. The number of rotatable bonds is 4. The summed E-state index contributed by atoms with van der Waals surface area (Å²) in [5.74, 6) is 0.427. The van der Waals surface area contributed by atoms with Gasteiger partial charge in [-0.3, -0.25) is 4.79 Å². The van der Waals surface area contributed by atoms with Crippen LogP contribution in [0, 0.1) is 13.8 Å². The summed E-state index contributed by atoms with van der Waals surface area (Å²) in [5.41, 5.74) is 0.898. The number of carbonyl (C=O) groups is 1. The lowest BCUT2D eigenvalue weighted by atomic mass is 10.1. The van der Waals surface area contributed by atoms with Gasteiger partial charge in [0.1, 0.15) is 16.3 Å². The van der Waals surface area contributed by atoms with E-state index in [-0.39, 0.29) is 12.5 Å². The van der Waals surface area contributed by atoms with E-state index in [1.165, 1.54) is 6.07 Å². The normalized spacial score (nSPS) is 14.5. The van der Waals surface area contributed by atoms with Gasteiger partial charge in [0.2, 0.25) is 5.13 Å². The molecule has 1 fully saturated rings. The van der Waals surface area contributed by atoms with Gasteiger partial charge in [-0.15, -0.1) is 10.2 Å². The number of aryl methyl sites for hydroxylation is 2. The van der Waals surface area contributed by atoms with Gasteiger partial charge < -0.3 is 19.0 Å². The number of piperazine rings is 1. The van der Waals surface area contributed by atoms with Crippen molar-refractivity contribution in [1.82, 2.24) is 15.1 Å². The molecule has 0 bridgehead atoms. The number of benzene rings is 1. The van der Waals surface area contributed by atoms with Crippen LogP contribution in [0.5, 0.6) is 5.75 Å². The highest BCUT2D eigenvalue weighted by molar-refractivity contribution is 7.15.